The lowest BCUT2D eigenvalue weighted by molar-refractivity contribution is 0.775. The van der Waals surface area contributed by atoms with Gasteiger partial charge < -0.3 is 0 Å². The molecular weight excluding hydrogens is 206 g/mol. The fraction of sp³-hybridized carbons (Fsp3) is 0.312. The molecule has 1 heterocycles. The maximum absolute atomic E-state index is 4.42. The Morgan fingerprint density at radius 1 is 1.00 bits per heavy atom. The summed E-state index contributed by atoms with van der Waals surface area (Å²) in [6.07, 6.45) is 6.48. The molecule has 1 nitrogen and oxygen atoms in total. The van der Waals surface area contributed by atoms with Crippen molar-refractivity contribution in [2.75, 3.05) is 0 Å². The monoisotopic (exact) mass is 225 g/mol. The molecule has 0 fully saturated rings. The van der Waals surface area contributed by atoms with Crippen molar-refractivity contribution in [1.29, 1.82) is 0 Å². The standard InChI is InChI=1S/C16H19N/c1-2-3-9-16-13-15(10-11-17-16)12-14-7-5-4-6-8-14/h4-8,10-11,13H,2-3,9,12H2,1H3. The number of pyridine rings is 1. The normalized spacial score (nSPS) is 10.4. The Bertz CT molecular complexity index is 448. The van der Waals surface area contributed by atoms with Crippen LogP contribution in [0.3, 0.4) is 0 Å². The van der Waals surface area contributed by atoms with Gasteiger partial charge in [-0.2, -0.15) is 0 Å². The van der Waals surface area contributed by atoms with E-state index in [0.717, 1.165) is 12.8 Å². The number of nitrogens with zero attached hydrogens (tertiary/aromatic N) is 1. The molecule has 0 spiro atoms. The molecule has 0 saturated carbocycles. The number of aromatic nitrogens is 1. The van der Waals surface area contributed by atoms with Crippen LogP contribution in [0.4, 0.5) is 0 Å². The number of hydrogen-bond acceptors (Lipinski definition) is 1. The van der Waals surface area contributed by atoms with Gasteiger partial charge in [-0.05, 0) is 42.5 Å². The molecule has 0 aliphatic carbocycles. The van der Waals surface area contributed by atoms with Gasteiger partial charge in [-0.3, -0.25) is 4.98 Å². The average Bonchev–Trinajstić information content (AvgIpc) is 2.38. The van der Waals surface area contributed by atoms with Gasteiger partial charge in [0, 0.05) is 11.9 Å². The van der Waals surface area contributed by atoms with Crippen molar-refractivity contribution in [1.82, 2.24) is 4.98 Å². The zero-order chi connectivity index (χ0) is 11.9. The Morgan fingerprint density at radius 2 is 1.82 bits per heavy atom. The van der Waals surface area contributed by atoms with Crippen molar-refractivity contribution in [2.45, 2.75) is 32.6 Å². The maximum atomic E-state index is 4.42. The molecule has 0 saturated heterocycles. The van der Waals surface area contributed by atoms with E-state index < -0.39 is 0 Å². The number of hydrogen-bond donors (Lipinski definition) is 0. The van der Waals surface area contributed by atoms with Crippen LogP contribution in [0.1, 0.15) is 36.6 Å². The van der Waals surface area contributed by atoms with Gasteiger partial charge in [-0.1, -0.05) is 43.7 Å². The maximum Gasteiger partial charge on any atom is 0.0406 e. The van der Waals surface area contributed by atoms with Crippen molar-refractivity contribution in [3.05, 3.63) is 65.5 Å². The molecule has 2 rings (SSSR count). The summed E-state index contributed by atoms with van der Waals surface area (Å²) in [4.78, 5) is 4.42. The zero-order valence-electron chi connectivity index (χ0n) is 10.4. The molecule has 0 unspecified atom stereocenters. The van der Waals surface area contributed by atoms with Crippen LogP contribution in [0.5, 0.6) is 0 Å². The third-order valence-electron chi connectivity index (χ3n) is 2.92. The molecule has 0 atom stereocenters. The SMILES string of the molecule is CCCCc1cc(Cc2ccccc2)ccn1. The Hall–Kier alpha value is -1.63. The quantitative estimate of drug-likeness (QED) is 0.749. The lowest BCUT2D eigenvalue weighted by Gasteiger charge is -2.04. The Balaban J connectivity index is 2.06. The van der Waals surface area contributed by atoms with Gasteiger partial charge >= 0.3 is 0 Å². The van der Waals surface area contributed by atoms with Crippen LogP contribution in [0.25, 0.3) is 0 Å². The second-order valence-corrected chi connectivity index (χ2v) is 4.42. The smallest absolute Gasteiger partial charge is 0.0406 e. The highest BCUT2D eigenvalue weighted by Gasteiger charge is 1.99. The van der Waals surface area contributed by atoms with Crippen molar-refractivity contribution in [2.24, 2.45) is 0 Å². The largest absolute Gasteiger partial charge is 0.261 e. The number of benzene rings is 1. The van der Waals surface area contributed by atoms with Gasteiger partial charge in [0.1, 0.15) is 0 Å². The first-order valence-corrected chi connectivity index (χ1v) is 6.36. The fourth-order valence-electron chi connectivity index (χ4n) is 1.96. The van der Waals surface area contributed by atoms with Crippen molar-refractivity contribution in [3.63, 3.8) is 0 Å². The van der Waals surface area contributed by atoms with Crippen LogP contribution in [0.15, 0.2) is 48.7 Å². The molecule has 1 heteroatoms. The number of unbranched alkanes of at least 4 members (excludes halogenated alkanes) is 1. The predicted molar refractivity (Wildman–Crippen MR) is 72.1 cm³/mol. The third-order valence-corrected chi connectivity index (χ3v) is 2.92. The summed E-state index contributed by atoms with van der Waals surface area (Å²) in [6, 6.07) is 14.9. The Morgan fingerprint density at radius 3 is 2.59 bits per heavy atom. The summed E-state index contributed by atoms with van der Waals surface area (Å²) in [5, 5.41) is 0. The van der Waals surface area contributed by atoms with Crippen molar-refractivity contribution >= 4 is 0 Å². The van der Waals surface area contributed by atoms with Crippen molar-refractivity contribution < 1.29 is 0 Å². The van der Waals surface area contributed by atoms with E-state index in [9.17, 15) is 0 Å². The first kappa shape index (κ1) is 11.8. The van der Waals surface area contributed by atoms with Crippen LogP contribution < -0.4 is 0 Å². The first-order valence-electron chi connectivity index (χ1n) is 6.36. The van der Waals surface area contributed by atoms with E-state index >= 15 is 0 Å². The zero-order valence-corrected chi connectivity index (χ0v) is 10.4. The molecule has 1 aromatic carbocycles. The van der Waals surface area contributed by atoms with Crippen LogP contribution in [0.2, 0.25) is 0 Å². The molecule has 17 heavy (non-hydrogen) atoms. The lowest BCUT2D eigenvalue weighted by Crippen LogP contribution is -1.94. The van der Waals surface area contributed by atoms with E-state index in [4.69, 9.17) is 0 Å². The minimum atomic E-state index is 1.00. The molecule has 0 aliphatic rings. The molecule has 0 amide bonds. The van der Waals surface area contributed by atoms with Gasteiger partial charge in [0.2, 0.25) is 0 Å². The highest BCUT2D eigenvalue weighted by molar-refractivity contribution is 5.26. The van der Waals surface area contributed by atoms with Crippen LogP contribution in [-0.2, 0) is 12.8 Å². The van der Waals surface area contributed by atoms with Crippen LogP contribution >= 0.6 is 0 Å². The molecule has 0 N–H and O–H groups in total. The molecule has 0 bridgehead atoms. The molecule has 88 valence electrons. The Kier molecular flexibility index (Phi) is 4.31. The highest BCUT2D eigenvalue weighted by Crippen LogP contribution is 2.11. The summed E-state index contributed by atoms with van der Waals surface area (Å²) >= 11 is 0. The van der Waals surface area contributed by atoms with E-state index in [1.54, 1.807) is 0 Å². The predicted octanol–water partition coefficient (Wildman–Crippen LogP) is 4.02. The molecule has 2 aromatic rings. The van der Waals surface area contributed by atoms with Gasteiger partial charge in [0.25, 0.3) is 0 Å². The lowest BCUT2D eigenvalue weighted by atomic mass is 10.0. The topological polar surface area (TPSA) is 12.9 Å². The van der Waals surface area contributed by atoms with E-state index in [2.05, 4.69) is 54.4 Å². The Labute approximate surface area is 104 Å². The van der Waals surface area contributed by atoms with Gasteiger partial charge in [-0.15, -0.1) is 0 Å². The van der Waals surface area contributed by atoms with E-state index in [1.165, 1.54) is 29.7 Å². The fourth-order valence-corrected chi connectivity index (χ4v) is 1.96. The minimum Gasteiger partial charge on any atom is -0.261 e. The summed E-state index contributed by atoms with van der Waals surface area (Å²) in [5.41, 5.74) is 3.94. The van der Waals surface area contributed by atoms with Gasteiger partial charge in [0.05, 0.1) is 0 Å². The summed E-state index contributed by atoms with van der Waals surface area (Å²) < 4.78 is 0. The minimum absolute atomic E-state index is 1.00. The number of aryl methyl sites for hydroxylation is 1. The van der Waals surface area contributed by atoms with E-state index in [1.807, 2.05) is 6.20 Å². The van der Waals surface area contributed by atoms with Crippen molar-refractivity contribution in [3.8, 4) is 0 Å². The van der Waals surface area contributed by atoms with E-state index in [0.29, 0.717) is 0 Å². The molecule has 0 radical (unpaired) electrons. The first-order chi connectivity index (χ1) is 8.38. The average molecular weight is 225 g/mol. The molecular formula is C16H19N. The van der Waals surface area contributed by atoms with Gasteiger partial charge in [0.15, 0.2) is 0 Å². The summed E-state index contributed by atoms with van der Waals surface area (Å²) in [6.45, 7) is 2.22. The highest BCUT2D eigenvalue weighted by atomic mass is 14.7. The summed E-state index contributed by atoms with van der Waals surface area (Å²) in [7, 11) is 0. The third kappa shape index (κ3) is 3.70. The molecule has 0 aliphatic heterocycles. The van der Waals surface area contributed by atoms with Gasteiger partial charge in [-0.25, -0.2) is 0 Å². The number of rotatable bonds is 5. The second kappa shape index (κ2) is 6.19. The van der Waals surface area contributed by atoms with Crippen LogP contribution in [-0.4, -0.2) is 4.98 Å². The van der Waals surface area contributed by atoms with E-state index in [-0.39, 0.29) is 0 Å². The molecule has 1 aromatic heterocycles. The summed E-state index contributed by atoms with van der Waals surface area (Å²) in [5.74, 6) is 0. The van der Waals surface area contributed by atoms with Crippen LogP contribution in [0, 0.1) is 0 Å². The second-order valence-electron chi connectivity index (χ2n) is 4.42.